The highest BCUT2D eigenvalue weighted by molar-refractivity contribution is 5.94. The molecule has 9 heteroatoms. The molecule has 0 saturated carbocycles. The van der Waals surface area contributed by atoms with Gasteiger partial charge in [-0.2, -0.15) is 0 Å². The van der Waals surface area contributed by atoms with Gasteiger partial charge in [0.25, 0.3) is 17.3 Å². The van der Waals surface area contributed by atoms with Gasteiger partial charge in [-0.1, -0.05) is 0 Å². The van der Waals surface area contributed by atoms with Crippen molar-refractivity contribution in [2.45, 2.75) is 13.8 Å². The number of carbonyl (C=O) groups is 1. The van der Waals surface area contributed by atoms with E-state index in [2.05, 4.69) is 5.32 Å². The number of benzene rings is 2. The van der Waals surface area contributed by atoms with Gasteiger partial charge in [-0.3, -0.25) is 25.0 Å². The van der Waals surface area contributed by atoms with Gasteiger partial charge in [0.1, 0.15) is 5.69 Å². The van der Waals surface area contributed by atoms with Gasteiger partial charge in [0.2, 0.25) is 0 Å². The number of nitrogens with one attached hydrogen (secondary N) is 1. The van der Waals surface area contributed by atoms with Gasteiger partial charge in [0, 0.05) is 30.4 Å². The summed E-state index contributed by atoms with van der Waals surface area (Å²) in [4.78, 5) is 34.5. The summed E-state index contributed by atoms with van der Waals surface area (Å²) in [5, 5.41) is 24.8. The summed E-state index contributed by atoms with van der Waals surface area (Å²) in [7, 11) is 0. The Morgan fingerprint density at radius 3 is 2.12 bits per heavy atom. The van der Waals surface area contributed by atoms with E-state index in [0.29, 0.717) is 24.3 Å². The first-order valence-electron chi connectivity index (χ1n) is 7.96. The lowest BCUT2D eigenvalue weighted by Gasteiger charge is -2.18. The molecule has 136 valence electrons. The van der Waals surface area contributed by atoms with Crippen LogP contribution in [0.3, 0.4) is 0 Å². The molecule has 2 rings (SSSR count). The molecule has 0 radical (unpaired) electrons. The molecular weight excluding hydrogens is 340 g/mol. The molecule has 9 nitrogen and oxygen atoms in total. The molecule has 2 aromatic carbocycles. The van der Waals surface area contributed by atoms with E-state index in [-0.39, 0.29) is 17.3 Å². The van der Waals surface area contributed by atoms with Crippen LogP contribution in [0.15, 0.2) is 42.5 Å². The van der Waals surface area contributed by atoms with E-state index in [0.717, 1.165) is 6.07 Å². The van der Waals surface area contributed by atoms with Crippen LogP contribution in [0, 0.1) is 20.2 Å². The second-order valence-electron chi connectivity index (χ2n) is 5.40. The van der Waals surface area contributed by atoms with E-state index in [1.54, 1.807) is 29.2 Å². The number of non-ortho nitro benzene ring substituents is 1. The maximum Gasteiger partial charge on any atom is 0.299 e. The zero-order chi connectivity index (χ0) is 19.3. The van der Waals surface area contributed by atoms with E-state index < -0.39 is 15.5 Å². The van der Waals surface area contributed by atoms with Crippen molar-refractivity contribution >= 4 is 28.7 Å². The summed E-state index contributed by atoms with van der Waals surface area (Å²) in [5.41, 5.74) is 0.406. The molecule has 0 fully saturated rings. The number of nitro groups is 2. The van der Waals surface area contributed by atoms with E-state index in [1.807, 2.05) is 13.8 Å². The van der Waals surface area contributed by atoms with Gasteiger partial charge in [0.15, 0.2) is 0 Å². The van der Waals surface area contributed by atoms with Crippen LogP contribution in [-0.4, -0.2) is 33.7 Å². The Balaban J connectivity index is 2.25. The number of nitro benzene ring substituents is 2. The normalized spacial score (nSPS) is 10.2. The molecule has 0 spiro atoms. The Morgan fingerprint density at radius 1 is 1.00 bits per heavy atom. The zero-order valence-electron chi connectivity index (χ0n) is 14.3. The average Bonchev–Trinajstić information content (AvgIpc) is 2.63. The highest BCUT2D eigenvalue weighted by atomic mass is 16.6. The summed E-state index contributed by atoms with van der Waals surface area (Å²) in [5.74, 6) is -0.0946. The lowest BCUT2D eigenvalue weighted by atomic mass is 10.1. The maximum absolute atomic E-state index is 12.3. The first-order valence-corrected chi connectivity index (χ1v) is 7.96. The Morgan fingerprint density at radius 2 is 1.62 bits per heavy atom. The molecule has 0 aliphatic heterocycles. The third kappa shape index (κ3) is 4.12. The summed E-state index contributed by atoms with van der Waals surface area (Å²) in [6.07, 6.45) is 0. The van der Waals surface area contributed by atoms with Gasteiger partial charge in [-0.25, -0.2) is 0 Å². The van der Waals surface area contributed by atoms with Crippen LogP contribution in [0.1, 0.15) is 24.2 Å². The van der Waals surface area contributed by atoms with Gasteiger partial charge in [0.05, 0.1) is 15.9 Å². The third-order valence-electron chi connectivity index (χ3n) is 3.85. The number of anilines is 2. The van der Waals surface area contributed by atoms with Crippen molar-refractivity contribution in [1.29, 1.82) is 0 Å². The van der Waals surface area contributed by atoms with E-state index in [4.69, 9.17) is 0 Å². The molecule has 0 aliphatic carbocycles. The Kier molecular flexibility index (Phi) is 5.84. The first kappa shape index (κ1) is 18.8. The molecule has 0 heterocycles. The molecule has 0 unspecified atom stereocenters. The van der Waals surface area contributed by atoms with Crippen LogP contribution in [0.4, 0.5) is 22.7 Å². The fourth-order valence-corrected chi connectivity index (χ4v) is 2.44. The number of rotatable bonds is 7. The van der Waals surface area contributed by atoms with Crippen LogP contribution in [0.25, 0.3) is 0 Å². The second-order valence-corrected chi connectivity index (χ2v) is 5.40. The molecule has 1 amide bonds. The molecular formula is C17H18N4O5. The van der Waals surface area contributed by atoms with Gasteiger partial charge >= 0.3 is 0 Å². The zero-order valence-corrected chi connectivity index (χ0v) is 14.3. The molecule has 0 aromatic heterocycles. The molecule has 26 heavy (non-hydrogen) atoms. The summed E-state index contributed by atoms with van der Waals surface area (Å²) in [6, 6.07) is 9.88. The molecule has 0 saturated heterocycles. The summed E-state index contributed by atoms with van der Waals surface area (Å²) in [6.45, 7) is 4.99. The summed E-state index contributed by atoms with van der Waals surface area (Å²) < 4.78 is 0. The SMILES string of the molecule is CCN(CC)C(=O)c1ccc(Nc2ccc([N+](=O)[O-])cc2[N+](=O)[O-])cc1. The van der Waals surface area contributed by atoms with Crippen LogP contribution >= 0.6 is 0 Å². The van der Waals surface area contributed by atoms with E-state index in [1.165, 1.54) is 12.1 Å². The Bertz CT molecular complexity index is 832. The Labute approximate surface area is 149 Å². The predicted molar refractivity (Wildman–Crippen MR) is 96.7 cm³/mol. The fourth-order valence-electron chi connectivity index (χ4n) is 2.44. The predicted octanol–water partition coefficient (Wildman–Crippen LogP) is 3.73. The largest absolute Gasteiger partial charge is 0.350 e. The number of hydrogen-bond acceptors (Lipinski definition) is 6. The molecule has 1 N–H and O–H groups in total. The van der Waals surface area contributed by atoms with Crippen molar-refractivity contribution in [2.75, 3.05) is 18.4 Å². The third-order valence-corrected chi connectivity index (χ3v) is 3.85. The van der Waals surface area contributed by atoms with Gasteiger partial charge < -0.3 is 10.2 Å². The fraction of sp³-hybridized carbons (Fsp3) is 0.235. The van der Waals surface area contributed by atoms with Crippen molar-refractivity contribution < 1.29 is 14.6 Å². The number of hydrogen-bond donors (Lipinski definition) is 1. The molecule has 0 aliphatic rings. The number of nitrogens with zero attached hydrogens (tertiary/aromatic N) is 3. The second kappa shape index (κ2) is 8.06. The Hall–Kier alpha value is -3.49. The highest BCUT2D eigenvalue weighted by Crippen LogP contribution is 2.31. The minimum absolute atomic E-state index is 0.0946. The van der Waals surface area contributed by atoms with Crippen molar-refractivity contribution in [3.8, 4) is 0 Å². The van der Waals surface area contributed by atoms with Crippen LogP contribution in [0.2, 0.25) is 0 Å². The smallest absolute Gasteiger partial charge is 0.299 e. The van der Waals surface area contributed by atoms with Gasteiger partial charge in [-0.05, 0) is 44.2 Å². The van der Waals surface area contributed by atoms with Crippen molar-refractivity contribution in [2.24, 2.45) is 0 Å². The van der Waals surface area contributed by atoms with Crippen LogP contribution in [0.5, 0.6) is 0 Å². The van der Waals surface area contributed by atoms with Gasteiger partial charge in [-0.15, -0.1) is 0 Å². The minimum atomic E-state index is -0.690. The lowest BCUT2D eigenvalue weighted by Crippen LogP contribution is -2.30. The van der Waals surface area contributed by atoms with Crippen molar-refractivity contribution in [3.05, 3.63) is 68.3 Å². The monoisotopic (exact) mass is 358 g/mol. The quantitative estimate of drug-likeness (QED) is 0.595. The van der Waals surface area contributed by atoms with Crippen LogP contribution in [-0.2, 0) is 0 Å². The lowest BCUT2D eigenvalue weighted by molar-refractivity contribution is -0.393. The van der Waals surface area contributed by atoms with Crippen LogP contribution < -0.4 is 5.32 Å². The maximum atomic E-state index is 12.3. The highest BCUT2D eigenvalue weighted by Gasteiger charge is 2.19. The van der Waals surface area contributed by atoms with Crippen molar-refractivity contribution in [1.82, 2.24) is 4.90 Å². The molecule has 0 bridgehead atoms. The topological polar surface area (TPSA) is 119 Å². The molecule has 2 aromatic rings. The number of carbonyl (C=O) groups excluding carboxylic acids is 1. The molecule has 0 atom stereocenters. The first-order chi connectivity index (χ1) is 12.4. The van der Waals surface area contributed by atoms with E-state index in [9.17, 15) is 25.0 Å². The average molecular weight is 358 g/mol. The summed E-state index contributed by atoms with van der Waals surface area (Å²) >= 11 is 0. The number of amides is 1. The standard InChI is InChI=1S/C17H18N4O5/c1-3-19(4-2)17(22)12-5-7-13(8-6-12)18-15-10-9-14(20(23)24)11-16(15)21(25)26/h5-11,18H,3-4H2,1-2H3. The minimum Gasteiger partial charge on any atom is -0.350 e. The van der Waals surface area contributed by atoms with E-state index >= 15 is 0 Å². The van der Waals surface area contributed by atoms with Crippen molar-refractivity contribution in [3.63, 3.8) is 0 Å².